The lowest BCUT2D eigenvalue weighted by atomic mass is 10.3. The lowest BCUT2D eigenvalue weighted by molar-refractivity contribution is -0.116. The zero-order chi connectivity index (χ0) is 19.3. The van der Waals surface area contributed by atoms with E-state index < -0.39 is 11.8 Å². The van der Waals surface area contributed by atoms with Gasteiger partial charge in [0.15, 0.2) is 0 Å². The van der Waals surface area contributed by atoms with Crippen molar-refractivity contribution in [2.24, 2.45) is 0 Å². The maximum absolute atomic E-state index is 12.4. The number of aryl methyl sites for hydroxylation is 1. The van der Waals surface area contributed by atoms with Crippen LogP contribution in [0.5, 0.6) is 0 Å². The molecule has 0 saturated carbocycles. The molecule has 9 heteroatoms. The fraction of sp³-hybridized carbons (Fsp3) is 0.294. The third-order valence-electron chi connectivity index (χ3n) is 3.45. The van der Waals surface area contributed by atoms with Crippen molar-refractivity contribution in [3.8, 4) is 0 Å². The maximum Gasteiger partial charge on any atom is 0.274 e. The predicted molar refractivity (Wildman–Crippen MR) is 101 cm³/mol. The number of rotatable bonds is 6. The second-order valence-corrected chi connectivity index (χ2v) is 6.43. The molecular formula is C17H18Cl2N4O3. The Morgan fingerprint density at radius 2 is 1.92 bits per heavy atom. The molecule has 1 N–H and O–H groups in total. The van der Waals surface area contributed by atoms with E-state index in [1.54, 1.807) is 12.1 Å². The number of nitrogens with one attached hydrogen (secondary N) is 1. The van der Waals surface area contributed by atoms with Gasteiger partial charge < -0.3 is 10.2 Å². The number of halogens is 2. The zero-order valence-corrected chi connectivity index (χ0v) is 15.8. The van der Waals surface area contributed by atoms with Crippen molar-refractivity contribution in [1.82, 2.24) is 14.7 Å². The third-order valence-corrected chi connectivity index (χ3v) is 4.19. The number of benzene rings is 1. The van der Waals surface area contributed by atoms with Crippen molar-refractivity contribution in [2.75, 3.05) is 18.9 Å². The minimum absolute atomic E-state index is 0.0999. The molecule has 0 aliphatic rings. The summed E-state index contributed by atoms with van der Waals surface area (Å²) in [5.74, 6) is -0.861. The first kappa shape index (κ1) is 19.9. The first-order valence-corrected chi connectivity index (χ1v) is 8.66. The molecule has 0 aliphatic carbocycles. The van der Waals surface area contributed by atoms with E-state index in [1.807, 2.05) is 6.92 Å². The van der Waals surface area contributed by atoms with Gasteiger partial charge in [-0.05, 0) is 30.7 Å². The van der Waals surface area contributed by atoms with Crippen LogP contribution >= 0.6 is 23.2 Å². The Bertz CT molecular complexity index is 883. The molecule has 0 unspecified atom stereocenters. The SMILES string of the molecule is CCCn1nc(C(=O)N(C)CC(=O)Nc2ccc(Cl)c(Cl)c2)ccc1=O. The van der Waals surface area contributed by atoms with Crippen LogP contribution in [0.15, 0.2) is 35.1 Å². The van der Waals surface area contributed by atoms with Crippen molar-refractivity contribution >= 4 is 40.7 Å². The molecule has 26 heavy (non-hydrogen) atoms. The predicted octanol–water partition coefficient (Wildman–Crippen LogP) is 2.67. The van der Waals surface area contributed by atoms with Crippen molar-refractivity contribution in [2.45, 2.75) is 19.9 Å². The van der Waals surface area contributed by atoms with Crippen LogP contribution < -0.4 is 10.9 Å². The molecule has 0 atom stereocenters. The van der Waals surface area contributed by atoms with Gasteiger partial charge in [0.05, 0.1) is 16.6 Å². The van der Waals surface area contributed by atoms with E-state index in [0.717, 1.165) is 0 Å². The summed E-state index contributed by atoms with van der Waals surface area (Å²) in [5, 5.41) is 7.38. The highest BCUT2D eigenvalue weighted by molar-refractivity contribution is 6.42. The quantitative estimate of drug-likeness (QED) is 0.813. The van der Waals surface area contributed by atoms with Crippen molar-refractivity contribution in [3.63, 3.8) is 0 Å². The second kappa shape index (κ2) is 8.82. The second-order valence-electron chi connectivity index (χ2n) is 5.62. The Morgan fingerprint density at radius 1 is 1.19 bits per heavy atom. The average Bonchev–Trinajstić information content (AvgIpc) is 2.59. The van der Waals surface area contributed by atoms with Gasteiger partial charge in [0.2, 0.25) is 5.91 Å². The van der Waals surface area contributed by atoms with Crippen LogP contribution in [0.25, 0.3) is 0 Å². The molecular weight excluding hydrogens is 379 g/mol. The lowest BCUT2D eigenvalue weighted by Gasteiger charge is -2.17. The summed E-state index contributed by atoms with van der Waals surface area (Å²) in [6, 6.07) is 7.33. The van der Waals surface area contributed by atoms with Crippen LogP contribution in [-0.4, -0.2) is 40.1 Å². The average molecular weight is 397 g/mol. The summed E-state index contributed by atoms with van der Waals surface area (Å²) >= 11 is 11.7. The van der Waals surface area contributed by atoms with Gasteiger partial charge >= 0.3 is 0 Å². The maximum atomic E-state index is 12.4. The Balaban J connectivity index is 2.04. The highest BCUT2D eigenvalue weighted by Crippen LogP contribution is 2.24. The normalized spacial score (nSPS) is 10.5. The summed E-state index contributed by atoms with van der Waals surface area (Å²) < 4.78 is 1.23. The fourth-order valence-corrected chi connectivity index (χ4v) is 2.49. The third kappa shape index (κ3) is 5.06. The lowest BCUT2D eigenvalue weighted by Crippen LogP contribution is -2.36. The van der Waals surface area contributed by atoms with Gasteiger partial charge in [0.25, 0.3) is 11.5 Å². The standard InChI is InChI=1S/C17H18Cl2N4O3/c1-3-8-23-16(25)7-6-14(21-23)17(26)22(2)10-15(24)20-11-4-5-12(18)13(19)9-11/h4-7,9H,3,8,10H2,1-2H3,(H,20,24). The molecule has 138 valence electrons. The molecule has 2 amide bonds. The molecule has 0 spiro atoms. The highest BCUT2D eigenvalue weighted by Gasteiger charge is 2.17. The van der Waals surface area contributed by atoms with Crippen molar-refractivity contribution in [1.29, 1.82) is 0 Å². The van der Waals surface area contributed by atoms with Crippen LogP contribution in [0, 0.1) is 0 Å². The molecule has 0 fully saturated rings. The Labute approximate surface area is 160 Å². The monoisotopic (exact) mass is 396 g/mol. The molecule has 0 radical (unpaired) electrons. The molecule has 1 heterocycles. The van der Waals surface area contributed by atoms with E-state index in [4.69, 9.17) is 23.2 Å². The summed E-state index contributed by atoms with van der Waals surface area (Å²) in [7, 11) is 1.48. The molecule has 2 aromatic rings. The first-order valence-electron chi connectivity index (χ1n) is 7.90. The minimum atomic E-state index is -0.459. The van der Waals surface area contributed by atoms with Crippen LogP contribution in [-0.2, 0) is 11.3 Å². The van der Waals surface area contributed by atoms with Gasteiger partial charge in [-0.15, -0.1) is 0 Å². The molecule has 0 aliphatic heterocycles. The van der Waals surface area contributed by atoms with Crippen LogP contribution in [0.1, 0.15) is 23.8 Å². The van der Waals surface area contributed by atoms with Gasteiger partial charge in [-0.2, -0.15) is 5.10 Å². The van der Waals surface area contributed by atoms with Crippen LogP contribution in [0.2, 0.25) is 10.0 Å². The van der Waals surface area contributed by atoms with E-state index in [0.29, 0.717) is 28.7 Å². The topological polar surface area (TPSA) is 84.3 Å². The molecule has 1 aromatic carbocycles. The van der Waals surface area contributed by atoms with Gasteiger partial charge in [-0.1, -0.05) is 30.1 Å². The van der Waals surface area contributed by atoms with Gasteiger partial charge in [-0.25, -0.2) is 4.68 Å². The van der Waals surface area contributed by atoms with Crippen LogP contribution in [0.4, 0.5) is 5.69 Å². The molecule has 2 rings (SSSR count). The Kier molecular flexibility index (Phi) is 6.76. The van der Waals surface area contributed by atoms with E-state index >= 15 is 0 Å². The number of nitrogens with zero attached hydrogens (tertiary/aromatic N) is 3. The molecule has 7 nitrogen and oxygen atoms in total. The van der Waals surface area contributed by atoms with E-state index in [-0.39, 0.29) is 17.8 Å². The number of aromatic nitrogens is 2. The fourth-order valence-electron chi connectivity index (χ4n) is 2.19. The summed E-state index contributed by atoms with van der Waals surface area (Å²) in [6.45, 7) is 2.14. The minimum Gasteiger partial charge on any atom is -0.331 e. The number of carbonyl (C=O) groups is 2. The molecule has 1 aromatic heterocycles. The van der Waals surface area contributed by atoms with Gasteiger partial charge in [-0.3, -0.25) is 14.4 Å². The van der Waals surface area contributed by atoms with E-state index in [1.165, 1.54) is 34.8 Å². The smallest absolute Gasteiger partial charge is 0.274 e. The molecule has 0 saturated heterocycles. The number of likely N-dealkylation sites (N-methyl/N-ethyl adjacent to an activating group) is 1. The zero-order valence-electron chi connectivity index (χ0n) is 14.3. The van der Waals surface area contributed by atoms with Crippen molar-refractivity contribution < 1.29 is 9.59 Å². The van der Waals surface area contributed by atoms with Gasteiger partial charge in [0.1, 0.15) is 5.69 Å². The summed E-state index contributed by atoms with van der Waals surface area (Å²) in [5.41, 5.74) is 0.297. The first-order chi connectivity index (χ1) is 12.3. The highest BCUT2D eigenvalue weighted by atomic mass is 35.5. The van der Waals surface area contributed by atoms with Gasteiger partial charge in [0, 0.05) is 25.3 Å². The summed E-state index contributed by atoms with van der Waals surface area (Å²) in [6.07, 6.45) is 0.715. The Morgan fingerprint density at radius 3 is 2.58 bits per heavy atom. The number of anilines is 1. The number of hydrogen-bond acceptors (Lipinski definition) is 4. The molecule has 0 bridgehead atoms. The van der Waals surface area contributed by atoms with Crippen LogP contribution in [0.3, 0.4) is 0 Å². The summed E-state index contributed by atoms with van der Waals surface area (Å²) in [4.78, 5) is 37.4. The largest absolute Gasteiger partial charge is 0.331 e. The Hall–Kier alpha value is -2.38. The number of carbonyl (C=O) groups excluding carboxylic acids is 2. The van der Waals surface area contributed by atoms with E-state index in [9.17, 15) is 14.4 Å². The van der Waals surface area contributed by atoms with Crippen molar-refractivity contribution in [3.05, 3.63) is 56.4 Å². The number of amides is 2. The van der Waals surface area contributed by atoms with E-state index in [2.05, 4.69) is 10.4 Å². The number of hydrogen-bond donors (Lipinski definition) is 1.